The molecule has 3 fully saturated rings. The molecule has 1 saturated carbocycles. The highest BCUT2D eigenvalue weighted by molar-refractivity contribution is 7.80. The molecule has 1 aliphatic carbocycles. The van der Waals surface area contributed by atoms with E-state index in [0.29, 0.717) is 18.0 Å². The monoisotopic (exact) mass is 268 g/mol. The van der Waals surface area contributed by atoms with E-state index in [4.69, 9.17) is 0 Å². The van der Waals surface area contributed by atoms with Gasteiger partial charge in [-0.2, -0.15) is 12.6 Å². The Morgan fingerprint density at radius 3 is 2.83 bits per heavy atom. The molecule has 3 nitrogen and oxygen atoms in total. The molecule has 0 aromatic carbocycles. The maximum absolute atomic E-state index is 12.5. The van der Waals surface area contributed by atoms with E-state index in [-0.39, 0.29) is 6.04 Å². The second-order valence-corrected chi connectivity index (χ2v) is 6.50. The van der Waals surface area contributed by atoms with Crippen LogP contribution in [0.2, 0.25) is 0 Å². The van der Waals surface area contributed by atoms with Crippen LogP contribution in [-0.2, 0) is 4.79 Å². The van der Waals surface area contributed by atoms with Gasteiger partial charge in [0.2, 0.25) is 5.91 Å². The highest BCUT2D eigenvalue weighted by Gasteiger charge is 2.46. The van der Waals surface area contributed by atoms with Gasteiger partial charge in [0, 0.05) is 18.6 Å². The zero-order chi connectivity index (χ0) is 12.5. The van der Waals surface area contributed by atoms with Gasteiger partial charge in [0.25, 0.3) is 0 Å². The molecule has 102 valence electrons. The van der Waals surface area contributed by atoms with Crippen molar-refractivity contribution in [2.45, 2.75) is 63.1 Å². The van der Waals surface area contributed by atoms with Gasteiger partial charge in [0.1, 0.15) is 6.04 Å². The molecule has 4 heteroatoms. The van der Waals surface area contributed by atoms with Crippen molar-refractivity contribution in [1.82, 2.24) is 10.2 Å². The molecule has 0 spiro atoms. The first-order valence-electron chi connectivity index (χ1n) is 7.48. The Bertz CT molecular complexity index is 321. The number of thiol groups is 1. The summed E-state index contributed by atoms with van der Waals surface area (Å²) in [7, 11) is 0. The maximum atomic E-state index is 12.5. The largest absolute Gasteiger partial charge is 0.338 e. The van der Waals surface area contributed by atoms with Crippen LogP contribution in [0.15, 0.2) is 0 Å². The van der Waals surface area contributed by atoms with Crippen LogP contribution in [0.1, 0.15) is 44.9 Å². The van der Waals surface area contributed by atoms with Crippen LogP contribution in [-0.4, -0.2) is 41.2 Å². The number of rotatable bonds is 3. The molecule has 2 saturated heterocycles. The fraction of sp³-hybridized carbons (Fsp3) is 0.929. The summed E-state index contributed by atoms with van der Waals surface area (Å²) in [6.07, 6.45) is 8.81. The Kier molecular flexibility index (Phi) is 3.85. The van der Waals surface area contributed by atoms with Crippen molar-refractivity contribution in [2.24, 2.45) is 5.92 Å². The molecule has 1 amide bonds. The van der Waals surface area contributed by atoms with E-state index < -0.39 is 0 Å². The van der Waals surface area contributed by atoms with E-state index in [1.807, 2.05) is 0 Å². The number of hydrogen-bond donors (Lipinski definition) is 2. The Balaban J connectivity index is 1.62. The van der Waals surface area contributed by atoms with Crippen LogP contribution in [0.5, 0.6) is 0 Å². The lowest BCUT2D eigenvalue weighted by molar-refractivity contribution is -0.137. The van der Waals surface area contributed by atoms with Crippen LogP contribution in [0.25, 0.3) is 0 Å². The second kappa shape index (κ2) is 5.41. The fourth-order valence-electron chi connectivity index (χ4n) is 3.88. The van der Waals surface area contributed by atoms with Crippen molar-refractivity contribution in [2.75, 3.05) is 12.3 Å². The Labute approximate surface area is 115 Å². The summed E-state index contributed by atoms with van der Waals surface area (Å²) in [5, 5.41) is 3.32. The predicted molar refractivity (Wildman–Crippen MR) is 75.9 cm³/mol. The molecule has 1 N–H and O–H groups in total. The molecule has 4 unspecified atom stereocenters. The summed E-state index contributed by atoms with van der Waals surface area (Å²) in [5.41, 5.74) is 0. The summed E-state index contributed by atoms with van der Waals surface area (Å²) >= 11 is 4.25. The van der Waals surface area contributed by atoms with E-state index in [1.54, 1.807) is 0 Å². The zero-order valence-electron chi connectivity index (χ0n) is 11.0. The molecule has 0 radical (unpaired) electrons. The standard InChI is InChI=1S/C14H24N2OS/c17-14(13-11(15-13)7-9-18)16-8-3-5-10-4-1-2-6-12(10)16/h10-13,15,18H,1-9H2. The van der Waals surface area contributed by atoms with Crippen molar-refractivity contribution in [3.05, 3.63) is 0 Å². The average molecular weight is 268 g/mol. The lowest BCUT2D eigenvalue weighted by atomic mass is 9.78. The summed E-state index contributed by atoms with van der Waals surface area (Å²) < 4.78 is 0. The van der Waals surface area contributed by atoms with Gasteiger partial charge in [0.15, 0.2) is 0 Å². The molecule has 2 aliphatic heterocycles. The molecular weight excluding hydrogens is 244 g/mol. The smallest absolute Gasteiger partial charge is 0.241 e. The van der Waals surface area contributed by atoms with Gasteiger partial charge < -0.3 is 4.90 Å². The minimum absolute atomic E-state index is 0.109. The lowest BCUT2D eigenvalue weighted by Gasteiger charge is -2.44. The summed E-state index contributed by atoms with van der Waals surface area (Å²) in [6, 6.07) is 1.07. The van der Waals surface area contributed by atoms with Crippen molar-refractivity contribution in [3.63, 3.8) is 0 Å². The molecule has 0 bridgehead atoms. The van der Waals surface area contributed by atoms with E-state index >= 15 is 0 Å². The maximum Gasteiger partial charge on any atom is 0.241 e. The first-order chi connectivity index (χ1) is 8.81. The third-order valence-corrected chi connectivity index (χ3v) is 5.18. The molecule has 18 heavy (non-hydrogen) atoms. The topological polar surface area (TPSA) is 42.3 Å². The molecule has 0 aromatic rings. The number of piperidine rings is 1. The van der Waals surface area contributed by atoms with E-state index in [9.17, 15) is 4.79 Å². The van der Waals surface area contributed by atoms with Gasteiger partial charge in [-0.1, -0.05) is 12.8 Å². The first-order valence-corrected chi connectivity index (χ1v) is 8.12. The van der Waals surface area contributed by atoms with Gasteiger partial charge in [-0.3, -0.25) is 10.1 Å². The Morgan fingerprint density at radius 2 is 2.00 bits per heavy atom. The highest BCUT2D eigenvalue weighted by atomic mass is 32.1. The molecule has 2 heterocycles. The minimum atomic E-state index is 0.109. The van der Waals surface area contributed by atoms with Crippen LogP contribution in [0.4, 0.5) is 0 Å². The summed E-state index contributed by atoms with van der Waals surface area (Å²) in [5.74, 6) is 2.03. The van der Waals surface area contributed by atoms with Crippen LogP contribution in [0, 0.1) is 5.92 Å². The third kappa shape index (κ3) is 2.42. The quantitative estimate of drug-likeness (QED) is 0.606. The SMILES string of the molecule is O=C(C1NC1CCS)N1CCCC2CCCCC21. The highest BCUT2D eigenvalue weighted by Crippen LogP contribution is 2.36. The normalized spacial score (nSPS) is 39.3. The number of hydrogen-bond acceptors (Lipinski definition) is 3. The summed E-state index contributed by atoms with van der Waals surface area (Å²) in [6.45, 7) is 0.992. The number of nitrogens with one attached hydrogen (secondary N) is 1. The van der Waals surface area contributed by atoms with Gasteiger partial charge >= 0.3 is 0 Å². The van der Waals surface area contributed by atoms with Crippen LogP contribution >= 0.6 is 12.6 Å². The Hall–Kier alpha value is -0.220. The van der Waals surface area contributed by atoms with Crippen molar-refractivity contribution in [3.8, 4) is 0 Å². The van der Waals surface area contributed by atoms with E-state index in [0.717, 1.165) is 24.6 Å². The third-order valence-electron chi connectivity index (χ3n) is 4.92. The predicted octanol–water partition coefficient (Wildman–Crippen LogP) is 1.83. The fourth-order valence-corrected chi connectivity index (χ4v) is 4.16. The molecule has 4 atom stereocenters. The number of likely N-dealkylation sites (tertiary alicyclic amines) is 1. The van der Waals surface area contributed by atoms with Gasteiger partial charge in [-0.25, -0.2) is 0 Å². The second-order valence-electron chi connectivity index (χ2n) is 6.05. The minimum Gasteiger partial charge on any atom is -0.338 e. The van der Waals surface area contributed by atoms with Crippen molar-refractivity contribution < 1.29 is 4.79 Å². The number of fused-ring (bicyclic) bond motifs is 1. The molecular formula is C14H24N2OS. The van der Waals surface area contributed by atoms with Crippen LogP contribution < -0.4 is 5.32 Å². The number of carbonyl (C=O) groups is 1. The first kappa shape index (κ1) is 12.8. The van der Waals surface area contributed by atoms with Gasteiger partial charge in [0.05, 0.1) is 0 Å². The zero-order valence-corrected chi connectivity index (χ0v) is 11.9. The van der Waals surface area contributed by atoms with E-state index in [1.165, 1.54) is 38.5 Å². The summed E-state index contributed by atoms with van der Waals surface area (Å²) in [4.78, 5) is 14.8. The van der Waals surface area contributed by atoms with Gasteiger partial charge in [-0.05, 0) is 43.8 Å². The Morgan fingerprint density at radius 1 is 1.22 bits per heavy atom. The number of nitrogens with zero attached hydrogens (tertiary/aromatic N) is 1. The molecule has 3 rings (SSSR count). The van der Waals surface area contributed by atoms with Crippen LogP contribution in [0.3, 0.4) is 0 Å². The van der Waals surface area contributed by atoms with Gasteiger partial charge in [-0.15, -0.1) is 0 Å². The van der Waals surface area contributed by atoms with Crippen molar-refractivity contribution >= 4 is 18.5 Å². The lowest BCUT2D eigenvalue weighted by Crippen LogP contribution is -2.51. The van der Waals surface area contributed by atoms with Crippen molar-refractivity contribution in [1.29, 1.82) is 0 Å². The number of amides is 1. The number of carbonyl (C=O) groups excluding carboxylic acids is 1. The van der Waals surface area contributed by atoms with E-state index in [2.05, 4.69) is 22.8 Å². The average Bonchev–Trinajstić information content (AvgIpc) is 3.17. The molecule has 3 aliphatic rings. The molecule has 0 aromatic heterocycles.